The third kappa shape index (κ3) is 3.63. The summed E-state index contributed by atoms with van der Waals surface area (Å²) in [4.78, 5) is 14.1. The molecular formula is C30H32O7. The number of aliphatic hydroxyl groups is 1. The van der Waals surface area contributed by atoms with Crippen molar-refractivity contribution in [2.75, 3.05) is 0 Å². The number of rotatable bonds is 4. The monoisotopic (exact) mass is 504 g/mol. The average Bonchev–Trinajstić information content (AvgIpc) is 3.05. The van der Waals surface area contributed by atoms with Crippen molar-refractivity contribution < 1.29 is 34.3 Å². The highest BCUT2D eigenvalue weighted by atomic mass is 16.7. The fraction of sp³-hybridized carbons (Fsp3) is 0.367. The van der Waals surface area contributed by atoms with Crippen LogP contribution in [-0.2, 0) is 12.0 Å². The van der Waals surface area contributed by atoms with E-state index < -0.39 is 22.8 Å². The number of ether oxygens (including phenoxy) is 3. The summed E-state index contributed by atoms with van der Waals surface area (Å²) < 4.78 is 18.7. The van der Waals surface area contributed by atoms with Crippen LogP contribution in [0.3, 0.4) is 0 Å². The first kappa shape index (κ1) is 25.0. The SMILES string of the molecule is CC(C)=CCc1c(O)ccc2c1O[C@]1(O)C(=O)c3c(cc4c(c3O)C=CC(C)(C)O4)O[C@]21CC=C(C)C. The van der Waals surface area contributed by atoms with Gasteiger partial charge in [0.15, 0.2) is 0 Å². The molecule has 0 aromatic heterocycles. The van der Waals surface area contributed by atoms with Crippen LogP contribution in [0, 0.1) is 0 Å². The van der Waals surface area contributed by atoms with Gasteiger partial charge in [-0.25, -0.2) is 0 Å². The molecule has 194 valence electrons. The Morgan fingerprint density at radius 3 is 2.35 bits per heavy atom. The topological polar surface area (TPSA) is 105 Å². The fourth-order valence-corrected chi connectivity index (χ4v) is 5.10. The van der Waals surface area contributed by atoms with Gasteiger partial charge >= 0.3 is 5.79 Å². The number of ketones is 1. The van der Waals surface area contributed by atoms with Gasteiger partial charge in [0.25, 0.3) is 0 Å². The second-order valence-electron chi connectivity index (χ2n) is 11.0. The summed E-state index contributed by atoms with van der Waals surface area (Å²) in [5.74, 6) is -3.00. The van der Waals surface area contributed by atoms with Gasteiger partial charge in [0.2, 0.25) is 11.4 Å². The van der Waals surface area contributed by atoms with Crippen molar-refractivity contribution in [1.29, 1.82) is 0 Å². The van der Waals surface area contributed by atoms with E-state index in [0.717, 1.165) is 11.1 Å². The van der Waals surface area contributed by atoms with Gasteiger partial charge < -0.3 is 29.5 Å². The lowest BCUT2D eigenvalue weighted by Crippen LogP contribution is -2.62. The molecule has 0 bridgehead atoms. The highest BCUT2D eigenvalue weighted by Crippen LogP contribution is 2.60. The Labute approximate surface area is 216 Å². The van der Waals surface area contributed by atoms with Crippen molar-refractivity contribution in [2.45, 2.75) is 71.4 Å². The molecule has 2 aromatic rings. The number of carbonyl (C=O) groups excluding carboxylic acids is 1. The zero-order valence-electron chi connectivity index (χ0n) is 21.9. The predicted octanol–water partition coefficient (Wildman–Crippen LogP) is 5.70. The maximum atomic E-state index is 14.1. The van der Waals surface area contributed by atoms with E-state index in [1.54, 1.807) is 24.3 Å². The summed E-state index contributed by atoms with van der Waals surface area (Å²) in [6.07, 6.45) is 7.71. The van der Waals surface area contributed by atoms with Gasteiger partial charge in [-0.05, 0) is 72.2 Å². The van der Waals surface area contributed by atoms with Gasteiger partial charge in [0.1, 0.15) is 39.9 Å². The average molecular weight is 505 g/mol. The maximum absolute atomic E-state index is 14.1. The standard InChI is InChI=1S/C30H32O7/c1-16(2)7-8-18-21(31)10-9-20-26(18)37-30(34)27(33)24-23(36-29(20,30)14-11-17(3)4)15-22-19(25(24)32)12-13-28(5,6)35-22/h7,9-13,15,31-32,34H,8,14H2,1-6H3/t29-,30-/m1/s1. The van der Waals surface area contributed by atoms with E-state index in [4.69, 9.17) is 14.2 Å². The number of carbonyl (C=O) groups is 1. The third-order valence-corrected chi connectivity index (χ3v) is 7.09. The molecule has 3 N–H and O–H groups in total. The van der Waals surface area contributed by atoms with Crippen LogP contribution in [0.4, 0.5) is 0 Å². The number of hydrogen-bond donors (Lipinski definition) is 3. The first-order valence-electron chi connectivity index (χ1n) is 12.3. The largest absolute Gasteiger partial charge is 0.508 e. The quantitative estimate of drug-likeness (QED) is 0.459. The van der Waals surface area contributed by atoms with Crippen LogP contribution in [0.25, 0.3) is 6.08 Å². The normalized spacial score (nSPS) is 23.9. The summed E-state index contributed by atoms with van der Waals surface area (Å²) in [5, 5.41) is 33.9. The maximum Gasteiger partial charge on any atom is 0.318 e. The smallest absolute Gasteiger partial charge is 0.318 e. The van der Waals surface area contributed by atoms with E-state index in [1.165, 1.54) is 6.07 Å². The Balaban J connectivity index is 1.76. The summed E-state index contributed by atoms with van der Waals surface area (Å²) in [7, 11) is 0. The fourth-order valence-electron chi connectivity index (χ4n) is 5.10. The molecule has 0 saturated heterocycles. The van der Waals surface area contributed by atoms with Gasteiger partial charge in [-0.2, -0.15) is 0 Å². The molecule has 0 aliphatic carbocycles. The van der Waals surface area contributed by atoms with Crippen LogP contribution in [0.15, 0.2) is 47.6 Å². The molecule has 37 heavy (non-hydrogen) atoms. The van der Waals surface area contributed by atoms with Crippen LogP contribution >= 0.6 is 0 Å². The molecule has 7 nitrogen and oxygen atoms in total. The second kappa shape index (κ2) is 8.15. The lowest BCUT2D eigenvalue weighted by molar-refractivity contribution is -0.201. The van der Waals surface area contributed by atoms with Crippen LogP contribution in [0.5, 0.6) is 28.7 Å². The van der Waals surface area contributed by atoms with Gasteiger partial charge in [0, 0.05) is 23.6 Å². The Kier molecular flexibility index (Phi) is 5.50. The Morgan fingerprint density at radius 2 is 1.68 bits per heavy atom. The number of hydrogen-bond acceptors (Lipinski definition) is 7. The van der Waals surface area contributed by atoms with Crippen molar-refractivity contribution in [3.05, 3.63) is 69.8 Å². The zero-order valence-corrected chi connectivity index (χ0v) is 21.9. The molecule has 2 aromatic carbocycles. The predicted molar refractivity (Wildman–Crippen MR) is 139 cm³/mol. The number of aromatic hydroxyl groups is 2. The lowest BCUT2D eigenvalue weighted by Gasteiger charge is -2.43. The van der Waals surface area contributed by atoms with Crippen LogP contribution in [0.2, 0.25) is 0 Å². The number of phenolic OH excluding ortho intramolecular Hbond substituents is 2. The summed E-state index contributed by atoms with van der Waals surface area (Å²) in [6.45, 7) is 11.5. The molecule has 0 spiro atoms. The molecule has 3 aliphatic rings. The van der Waals surface area contributed by atoms with Crippen molar-refractivity contribution in [3.63, 3.8) is 0 Å². The molecule has 3 aliphatic heterocycles. The van der Waals surface area contributed by atoms with E-state index in [-0.39, 0.29) is 35.0 Å². The molecule has 0 fully saturated rings. The number of fused-ring (bicyclic) bond motifs is 5. The van der Waals surface area contributed by atoms with Crippen LogP contribution < -0.4 is 14.2 Å². The van der Waals surface area contributed by atoms with E-state index in [1.807, 2.05) is 53.7 Å². The molecule has 2 atom stereocenters. The van der Waals surface area contributed by atoms with E-state index >= 15 is 0 Å². The molecule has 0 radical (unpaired) electrons. The highest BCUT2D eigenvalue weighted by Gasteiger charge is 2.70. The van der Waals surface area contributed by atoms with Gasteiger partial charge in [0.05, 0.1) is 5.56 Å². The number of Topliss-reactive ketones (excluding diaryl/α,β-unsaturated/α-hetero) is 1. The number of benzene rings is 2. The minimum atomic E-state index is -2.48. The van der Waals surface area contributed by atoms with Gasteiger partial charge in [-0.3, -0.25) is 4.79 Å². The van der Waals surface area contributed by atoms with Gasteiger partial charge in [-0.15, -0.1) is 0 Å². The van der Waals surface area contributed by atoms with E-state index in [0.29, 0.717) is 28.9 Å². The zero-order chi connectivity index (χ0) is 26.9. The molecular weight excluding hydrogens is 472 g/mol. The summed E-state index contributed by atoms with van der Waals surface area (Å²) in [5.41, 5.74) is 0.758. The number of phenols is 2. The molecule has 0 amide bonds. The molecule has 0 saturated carbocycles. The molecule has 5 rings (SSSR count). The Morgan fingerprint density at radius 1 is 0.973 bits per heavy atom. The second-order valence-corrected chi connectivity index (χ2v) is 11.0. The van der Waals surface area contributed by atoms with Crippen molar-refractivity contribution >= 4 is 11.9 Å². The summed E-state index contributed by atoms with van der Waals surface area (Å²) >= 11 is 0. The van der Waals surface area contributed by atoms with Crippen molar-refractivity contribution in [3.8, 4) is 28.7 Å². The van der Waals surface area contributed by atoms with Crippen LogP contribution in [0.1, 0.15) is 75.0 Å². The first-order valence-corrected chi connectivity index (χ1v) is 12.3. The first-order chi connectivity index (χ1) is 17.3. The molecule has 0 unspecified atom stereocenters. The molecule has 3 heterocycles. The van der Waals surface area contributed by atoms with Crippen molar-refractivity contribution in [2.24, 2.45) is 0 Å². The number of allylic oxidation sites excluding steroid dienone is 3. The minimum absolute atomic E-state index is 0.0140. The molecule has 7 heteroatoms. The van der Waals surface area contributed by atoms with Crippen LogP contribution in [-0.4, -0.2) is 32.5 Å². The Hall–Kier alpha value is -3.71. The minimum Gasteiger partial charge on any atom is -0.508 e. The van der Waals surface area contributed by atoms with Gasteiger partial charge in [-0.1, -0.05) is 23.3 Å². The third-order valence-electron chi connectivity index (χ3n) is 7.09. The van der Waals surface area contributed by atoms with E-state index in [9.17, 15) is 20.1 Å². The van der Waals surface area contributed by atoms with Crippen molar-refractivity contribution in [1.82, 2.24) is 0 Å². The Bertz CT molecular complexity index is 1420. The lowest BCUT2D eigenvalue weighted by atomic mass is 9.76. The summed E-state index contributed by atoms with van der Waals surface area (Å²) in [6, 6.07) is 4.72. The highest BCUT2D eigenvalue weighted by molar-refractivity contribution is 6.10. The van der Waals surface area contributed by atoms with E-state index in [2.05, 4.69) is 0 Å².